The van der Waals surface area contributed by atoms with Crippen molar-refractivity contribution in [1.29, 1.82) is 0 Å². The Morgan fingerprint density at radius 2 is 2.00 bits per heavy atom. The maximum Gasteiger partial charge on any atom is 0.250 e. The Balaban J connectivity index is 2.92. The number of hydrogen-bond donors (Lipinski definition) is 2. The van der Waals surface area contributed by atoms with Crippen LogP contribution in [0.2, 0.25) is 0 Å². The van der Waals surface area contributed by atoms with Crippen LogP contribution in [0.4, 0.5) is 5.69 Å². The Hall–Kier alpha value is -1.62. The van der Waals surface area contributed by atoms with Crippen LogP contribution < -0.4 is 16.6 Å². The maximum atomic E-state index is 12.2. The van der Waals surface area contributed by atoms with Gasteiger partial charge in [0.05, 0.1) is 11.1 Å². The fraction of sp³-hybridized carbons (Fsp3) is 0.538. The van der Waals surface area contributed by atoms with Gasteiger partial charge < -0.3 is 15.6 Å². The topological polar surface area (TPSA) is 77.1 Å². The minimum Gasteiger partial charge on any atom is -0.329 e. The Morgan fingerprint density at radius 1 is 1.39 bits per heavy atom. The monoisotopic (exact) mass is 251 g/mol. The highest BCUT2D eigenvalue weighted by atomic mass is 16.2. The zero-order valence-electron chi connectivity index (χ0n) is 11.2. The SMILES string of the molecule is CCC(CC)(CN)C(=O)Nc1ccc(=O)n(C)c1. The Morgan fingerprint density at radius 3 is 2.44 bits per heavy atom. The first kappa shape index (κ1) is 14.4. The van der Waals surface area contributed by atoms with Gasteiger partial charge in [0.1, 0.15) is 0 Å². The van der Waals surface area contributed by atoms with Crippen molar-refractivity contribution in [3.05, 3.63) is 28.7 Å². The summed E-state index contributed by atoms with van der Waals surface area (Å²) < 4.78 is 1.43. The highest BCUT2D eigenvalue weighted by Crippen LogP contribution is 2.26. The molecule has 0 saturated heterocycles. The standard InChI is InChI=1S/C13H21N3O2/c1-4-13(5-2,9-14)12(18)15-10-6-7-11(17)16(3)8-10/h6-8H,4-5,9,14H2,1-3H3,(H,15,18). The minimum atomic E-state index is -0.533. The molecule has 0 spiro atoms. The van der Waals surface area contributed by atoms with Crippen LogP contribution in [0.1, 0.15) is 26.7 Å². The fourth-order valence-electron chi connectivity index (χ4n) is 1.88. The molecule has 0 saturated carbocycles. The number of carbonyl (C=O) groups is 1. The number of aryl methyl sites for hydroxylation is 1. The Kier molecular flexibility index (Phi) is 4.67. The molecule has 0 unspecified atom stereocenters. The highest BCUT2D eigenvalue weighted by Gasteiger charge is 2.33. The van der Waals surface area contributed by atoms with Gasteiger partial charge >= 0.3 is 0 Å². The van der Waals surface area contributed by atoms with Crippen LogP contribution in [0.15, 0.2) is 23.1 Å². The number of hydrogen-bond acceptors (Lipinski definition) is 3. The average Bonchev–Trinajstić information content (AvgIpc) is 2.37. The second-order valence-electron chi connectivity index (χ2n) is 4.51. The Labute approximate surface area is 107 Å². The van der Waals surface area contributed by atoms with E-state index in [1.165, 1.54) is 10.6 Å². The van der Waals surface area contributed by atoms with Crippen molar-refractivity contribution in [2.24, 2.45) is 18.2 Å². The average molecular weight is 251 g/mol. The van der Waals surface area contributed by atoms with Gasteiger partial charge in [-0.2, -0.15) is 0 Å². The summed E-state index contributed by atoms with van der Waals surface area (Å²) in [5.41, 5.74) is 5.69. The predicted octanol–water partition coefficient (Wildman–Crippen LogP) is 1.09. The number of carbonyl (C=O) groups excluding carboxylic acids is 1. The van der Waals surface area contributed by atoms with E-state index >= 15 is 0 Å². The van der Waals surface area contributed by atoms with Crippen LogP contribution in [0, 0.1) is 5.41 Å². The van der Waals surface area contributed by atoms with Crippen LogP contribution in [-0.4, -0.2) is 17.0 Å². The number of pyridine rings is 1. The van der Waals surface area contributed by atoms with E-state index in [4.69, 9.17) is 5.73 Å². The third kappa shape index (κ3) is 2.79. The van der Waals surface area contributed by atoms with Gasteiger partial charge in [0.25, 0.3) is 0 Å². The lowest BCUT2D eigenvalue weighted by atomic mass is 9.81. The van der Waals surface area contributed by atoms with E-state index in [-0.39, 0.29) is 11.5 Å². The van der Waals surface area contributed by atoms with Gasteiger partial charge in [-0.05, 0) is 18.9 Å². The molecule has 0 aliphatic heterocycles. The number of aromatic nitrogens is 1. The van der Waals surface area contributed by atoms with Crippen molar-refractivity contribution < 1.29 is 4.79 Å². The minimum absolute atomic E-state index is 0.0892. The maximum absolute atomic E-state index is 12.2. The van der Waals surface area contributed by atoms with Crippen LogP contribution in [0.25, 0.3) is 0 Å². The number of nitrogens with one attached hydrogen (secondary N) is 1. The number of rotatable bonds is 5. The molecule has 0 aliphatic carbocycles. The lowest BCUT2D eigenvalue weighted by Crippen LogP contribution is -2.41. The Bertz CT molecular complexity index is 467. The molecule has 1 rings (SSSR count). The van der Waals surface area contributed by atoms with Gasteiger partial charge in [-0.3, -0.25) is 9.59 Å². The summed E-state index contributed by atoms with van der Waals surface area (Å²) in [5.74, 6) is -0.0892. The summed E-state index contributed by atoms with van der Waals surface area (Å²) in [4.78, 5) is 23.5. The summed E-state index contributed by atoms with van der Waals surface area (Å²) in [6, 6.07) is 3.03. The summed E-state index contributed by atoms with van der Waals surface area (Å²) in [6.07, 6.45) is 2.99. The number of nitrogens with zero attached hydrogens (tertiary/aromatic N) is 1. The third-order valence-electron chi connectivity index (χ3n) is 3.57. The van der Waals surface area contributed by atoms with E-state index in [1.54, 1.807) is 19.3 Å². The van der Waals surface area contributed by atoms with Crippen molar-refractivity contribution in [3.63, 3.8) is 0 Å². The molecule has 100 valence electrons. The molecule has 3 N–H and O–H groups in total. The molecule has 0 aromatic carbocycles. The molecule has 1 aromatic heterocycles. The van der Waals surface area contributed by atoms with Crippen molar-refractivity contribution in [2.75, 3.05) is 11.9 Å². The highest BCUT2D eigenvalue weighted by molar-refractivity contribution is 5.95. The summed E-state index contributed by atoms with van der Waals surface area (Å²) in [5, 5.41) is 2.82. The van der Waals surface area contributed by atoms with E-state index in [9.17, 15) is 9.59 Å². The fourth-order valence-corrected chi connectivity index (χ4v) is 1.88. The first-order valence-electron chi connectivity index (χ1n) is 6.17. The lowest BCUT2D eigenvalue weighted by molar-refractivity contribution is -0.125. The molecule has 1 aromatic rings. The second kappa shape index (κ2) is 5.82. The van der Waals surface area contributed by atoms with E-state index in [0.29, 0.717) is 25.1 Å². The normalized spacial score (nSPS) is 11.3. The first-order valence-corrected chi connectivity index (χ1v) is 6.17. The first-order chi connectivity index (χ1) is 8.49. The van der Waals surface area contributed by atoms with E-state index in [0.717, 1.165) is 0 Å². The zero-order valence-corrected chi connectivity index (χ0v) is 11.2. The van der Waals surface area contributed by atoms with Gasteiger partial charge in [0, 0.05) is 25.9 Å². The summed E-state index contributed by atoms with van der Waals surface area (Å²) in [6.45, 7) is 4.23. The summed E-state index contributed by atoms with van der Waals surface area (Å²) in [7, 11) is 1.65. The van der Waals surface area contributed by atoms with E-state index in [2.05, 4.69) is 5.32 Å². The van der Waals surface area contributed by atoms with Crippen LogP contribution in [0.5, 0.6) is 0 Å². The van der Waals surface area contributed by atoms with Gasteiger partial charge in [-0.15, -0.1) is 0 Å². The quantitative estimate of drug-likeness (QED) is 0.822. The molecule has 0 fully saturated rings. The third-order valence-corrected chi connectivity index (χ3v) is 3.57. The van der Waals surface area contributed by atoms with Crippen LogP contribution >= 0.6 is 0 Å². The van der Waals surface area contributed by atoms with Crippen molar-refractivity contribution in [1.82, 2.24) is 4.57 Å². The van der Waals surface area contributed by atoms with E-state index < -0.39 is 5.41 Å². The van der Waals surface area contributed by atoms with Crippen LogP contribution in [0.3, 0.4) is 0 Å². The molecule has 18 heavy (non-hydrogen) atoms. The molecule has 0 bridgehead atoms. The van der Waals surface area contributed by atoms with Gasteiger partial charge in [0.2, 0.25) is 11.5 Å². The molecular formula is C13H21N3O2. The molecule has 1 amide bonds. The van der Waals surface area contributed by atoms with Crippen LogP contribution in [-0.2, 0) is 11.8 Å². The second-order valence-corrected chi connectivity index (χ2v) is 4.51. The molecular weight excluding hydrogens is 230 g/mol. The predicted molar refractivity (Wildman–Crippen MR) is 72.4 cm³/mol. The molecule has 1 heterocycles. The smallest absolute Gasteiger partial charge is 0.250 e. The molecule has 5 nitrogen and oxygen atoms in total. The molecule has 0 aliphatic rings. The zero-order chi connectivity index (χ0) is 13.8. The van der Waals surface area contributed by atoms with Gasteiger partial charge in [-0.25, -0.2) is 0 Å². The largest absolute Gasteiger partial charge is 0.329 e. The molecule has 5 heteroatoms. The van der Waals surface area contributed by atoms with Crippen molar-refractivity contribution in [2.45, 2.75) is 26.7 Å². The number of amides is 1. The number of anilines is 1. The molecule has 0 atom stereocenters. The lowest BCUT2D eigenvalue weighted by Gasteiger charge is -2.28. The number of nitrogens with two attached hydrogens (primary N) is 1. The summed E-state index contributed by atoms with van der Waals surface area (Å²) >= 11 is 0. The van der Waals surface area contributed by atoms with E-state index in [1.807, 2.05) is 13.8 Å². The van der Waals surface area contributed by atoms with Gasteiger partial charge in [0.15, 0.2) is 0 Å². The van der Waals surface area contributed by atoms with Crippen molar-refractivity contribution >= 4 is 11.6 Å². The van der Waals surface area contributed by atoms with Gasteiger partial charge in [-0.1, -0.05) is 13.8 Å². The molecule has 0 radical (unpaired) electrons. The van der Waals surface area contributed by atoms with Crippen molar-refractivity contribution in [3.8, 4) is 0 Å².